The van der Waals surface area contributed by atoms with E-state index >= 15 is 0 Å². The highest BCUT2D eigenvalue weighted by atomic mass is 32.3. The Labute approximate surface area is 419 Å². The Kier molecular flexibility index (Phi) is 29.8. The summed E-state index contributed by atoms with van der Waals surface area (Å²) in [6.45, 7) is 25.0. The van der Waals surface area contributed by atoms with E-state index in [9.17, 15) is 4.79 Å². The molecule has 3 aromatic rings. The Morgan fingerprint density at radius 1 is 0.319 bits per heavy atom. The molecule has 0 fully saturated rings. The molecule has 3 rings (SSSR count). The van der Waals surface area contributed by atoms with E-state index in [1.54, 1.807) is 0 Å². The fraction of sp³-hybridized carbons (Fsp3) is 0.667. The standard InChI is InChI=1S/C57H92O11S/c1-11-21-30-59-45-39-48(62-33-24-14-4)55(49(40-45)63-34-25-15-5)69(68-54(58)20-10,56-50(64-35-26-16-6)41-46(60-31-22-12-2)42-51(56)65-36-27-17-7)57-52(66-37-28-18-8)43-47(61-32-23-13-3)44-53(57)67-38-29-19-9/h39-44H,11-38H2,1-10H3. The molecule has 11 nitrogen and oxygen atoms in total. The maximum Gasteiger partial charge on any atom is 0.316 e. The van der Waals surface area contributed by atoms with Gasteiger partial charge in [-0.1, -0.05) is 127 Å². The highest BCUT2D eigenvalue weighted by Gasteiger charge is 2.50. The van der Waals surface area contributed by atoms with Gasteiger partial charge < -0.3 is 46.8 Å². The summed E-state index contributed by atoms with van der Waals surface area (Å²) < 4.78 is 69.2. The van der Waals surface area contributed by atoms with Crippen molar-refractivity contribution in [1.29, 1.82) is 0 Å². The zero-order chi connectivity index (χ0) is 50.1. The van der Waals surface area contributed by atoms with E-state index in [1.165, 1.54) is 0 Å². The summed E-state index contributed by atoms with van der Waals surface area (Å²) >= 11 is 0. The van der Waals surface area contributed by atoms with Crippen molar-refractivity contribution in [3.05, 3.63) is 36.4 Å². The fourth-order valence-corrected chi connectivity index (χ4v) is 10.7. The number of carbonyl (C=O) groups is 1. The molecule has 0 aliphatic carbocycles. The third kappa shape index (κ3) is 18.7. The first-order valence-corrected chi connectivity index (χ1v) is 28.6. The van der Waals surface area contributed by atoms with E-state index in [0.717, 1.165) is 116 Å². The molecule has 0 amide bonds. The first kappa shape index (κ1) is 59.0. The predicted octanol–water partition coefficient (Wildman–Crippen LogP) is 16.4. The summed E-state index contributed by atoms with van der Waals surface area (Å²) in [7, 11) is -3.54. The van der Waals surface area contributed by atoms with Gasteiger partial charge in [0, 0.05) is 53.1 Å². The Bertz CT molecular complexity index is 1580. The van der Waals surface area contributed by atoms with Crippen molar-refractivity contribution >= 4 is 16.3 Å². The molecule has 0 heterocycles. The zero-order valence-electron chi connectivity index (χ0n) is 44.7. The van der Waals surface area contributed by atoms with Crippen LogP contribution < -0.4 is 42.6 Å². The van der Waals surface area contributed by atoms with Gasteiger partial charge in [-0.2, -0.15) is 0 Å². The van der Waals surface area contributed by atoms with Gasteiger partial charge in [0.2, 0.25) is 0 Å². The van der Waals surface area contributed by atoms with E-state index in [4.69, 9.17) is 46.8 Å². The Balaban J connectivity index is 2.95. The fourth-order valence-electron chi connectivity index (χ4n) is 6.99. The highest BCUT2D eigenvalue weighted by Crippen LogP contribution is 2.80. The number of rotatable bonds is 41. The predicted molar refractivity (Wildman–Crippen MR) is 282 cm³/mol. The molecule has 0 aromatic heterocycles. The number of ether oxygens (including phenoxy) is 9. The SMILES string of the molecule is CCCCOc1cc(OCCCC)c(S(OC(=O)CC)(c2c(OCCCC)cc(OCCCC)cc2OCCCC)c2c(OCCCC)cc(OCCCC)cc2OCCCC)c(OCCCC)c1. The third-order valence-corrected chi connectivity index (χ3v) is 14.6. The summed E-state index contributed by atoms with van der Waals surface area (Å²) in [5, 5.41) is 0. The summed E-state index contributed by atoms with van der Waals surface area (Å²) in [6.07, 6.45) is 15.7. The quantitative estimate of drug-likeness (QED) is 0.0507. The lowest BCUT2D eigenvalue weighted by Crippen LogP contribution is -2.20. The van der Waals surface area contributed by atoms with E-state index in [0.29, 0.717) is 126 Å². The molecule has 69 heavy (non-hydrogen) atoms. The molecular weight excluding hydrogens is 893 g/mol. The second kappa shape index (κ2) is 34.9. The van der Waals surface area contributed by atoms with Gasteiger partial charge in [-0.25, -0.2) is 0 Å². The first-order valence-electron chi connectivity index (χ1n) is 27.0. The number of unbranched alkanes of at least 4 members (excludes halogenated alkanes) is 9. The molecule has 12 heteroatoms. The van der Waals surface area contributed by atoms with Crippen molar-refractivity contribution in [3.8, 4) is 51.7 Å². The van der Waals surface area contributed by atoms with E-state index in [1.807, 2.05) is 43.3 Å². The minimum absolute atomic E-state index is 0.0670. The van der Waals surface area contributed by atoms with Crippen LogP contribution in [0.3, 0.4) is 0 Å². The van der Waals surface area contributed by atoms with Crippen LogP contribution in [0.4, 0.5) is 0 Å². The van der Waals surface area contributed by atoms with Crippen LogP contribution in [0.2, 0.25) is 0 Å². The molecule has 0 aliphatic rings. The number of carbonyl (C=O) groups excluding carboxylic acids is 1. The maximum atomic E-state index is 15.0. The van der Waals surface area contributed by atoms with E-state index in [2.05, 4.69) is 62.3 Å². The molecule has 0 radical (unpaired) electrons. The lowest BCUT2D eigenvalue weighted by molar-refractivity contribution is -0.133. The van der Waals surface area contributed by atoms with Crippen LogP contribution in [0, 0.1) is 0 Å². The van der Waals surface area contributed by atoms with Crippen LogP contribution in [0.25, 0.3) is 0 Å². The lowest BCUT2D eigenvalue weighted by atomic mass is 10.2. The Morgan fingerprint density at radius 3 is 0.681 bits per heavy atom. The van der Waals surface area contributed by atoms with Gasteiger partial charge >= 0.3 is 5.97 Å². The van der Waals surface area contributed by atoms with Crippen LogP contribution in [-0.2, 0) is 8.98 Å². The van der Waals surface area contributed by atoms with Crippen molar-refractivity contribution in [2.24, 2.45) is 0 Å². The van der Waals surface area contributed by atoms with Gasteiger partial charge in [-0.15, -0.1) is 0 Å². The molecule has 0 aliphatic heterocycles. The second-order valence-electron chi connectivity index (χ2n) is 17.4. The number of hydrogen-bond donors (Lipinski definition) is 0. The average molecular weight is 985 g/mol. The molecule has 0 bridgehead atoms. The van der Waals surface area contributed by atoms with Crippen LogP contribution in [-0.4, -0.2) is 65.4 Å². The maximum absolute atomic E-state index is 15.0. The van der Waals surface area contributed by atoms with Crippen molar-refractivity contribution < 1.29 is 51.6 Å². The average Bonchev–Trinajstić information content (AvgIpc) is 3.34. The Hall–Kier alpha value is -4.32. The van der Waals surface area contributed by atoms with Crippen molar-refractivity contribution in [2.45, 2.75) is 206 Å². The lowest BCUT2D eigenvalue weighted by Gasteiger charge is -2.43. The Morgan fingerprint density at radius 2 is 0.507 bits per heavy atom. The molecule has 0 atom stereocenters. The largest absolute Gasteiger partial charge is 0.493 e. The topological polar surface area (TPSA) is 109 Å². The monoisotopic (exact) mass is 985 g/mol. The summed E-state index contributed by atoms with van der Waals surface area (Å²) in [4.78, 5) is 16.6. The number of hydrogen-bond acceptors (Lipinski definition) is 11. The summed E-state index contributed by atoms with van der Waals surface area (Å²) in [5.74, 6) is 4.13. The van der Waals surface area contributed by atoms with Crippen molar-refractivity contribution in [3.63, 3.8) is 0 Å². The van der Waals surface area contributed by atoms with Gasteiger partial charge in [-0.05, 0) is 57.8 Å². The minimum Gasteiger partial charge on any atom is -0.493 e. The summed E-state index contributed by atoms with van der Waals surface area (Å²) in [6, 6.07) is 11.6. The van der Waals surface area contributed by atoms with E-state index in [-0.39, 0.29) is 6.42 Å². The van der Waals surface area contributed by atoms with Crippen molar-refractivity contribution in [1.82, 2.24) is 0 Å². The van der Waals surface area contributed by atoms with Gasteiger partial charge in [0.1, 0.15) is 66.4 Å². The molecule has 0 saturated carbocycles. The van der Waals surface area contributed by atoms with Crippen LogP contribution in [0.5, 0.6) is 51.7 Å². The normalized spacial score (nSPS) is 11.5. The van der Waals surface area contributed by atoms with Crippen LogP contribution in [0.1, 0.15) is 191 Å². The van der Waals surface area contributed by atoms with Gasteiger partial charge in [0.25, 0.3) is 0 Å². The van der Waals surface area contributed by atoms with Gasteiger partial charge in [0.15, 0.2) is 0 Å². The van der Waals surface area contributed by atoms with E-state index < -0.39 is 16.3 Å². The molecule has 0 spiro atoms. The molecule has 3 aromatic carbocycles. The second-order valence-corrected chi connectivity index (χ2v) is 19.9. The summed E-state index contributed by atoms with van der Waals surface area (Å²) in [5.41, 5.74) is 0. The van der Waals surface area contributed by atoms with Crippen LogP contribution >= 0.6 is 10.3 Å². The first-order chi connectivity index (χ1) is 33.8. The number of benzene rings is 3. The minimum atomic E-state index is -3.54. The van der Waals surface area contributed by atoms with Gasteiger partial charge in [0.05, 0.1) is 59.5 Å². The molecule has 392 valence electrons. The third-order valence-electron chi connectivity index (χ3n) is 11.2. The smallest absolute Gasteiger partial charge is 0.316 e. The van der Waals surface area contributed by atoms with Gasteiger partial charge in [-0.3, -0.25) is 4.79 Å². The highest BCUT2D eigenvalue weighted by molar-refractivity contribution is 8.30. The van der Waals surface area contributed by atoms with Crippen LogP contribution in [0.15, 0.2) is 51.1 Å². The van der Waals surface area contributed by atoms with Crippen molar-refractivity contribution in [2.75, 3.05) is 59.5 Å². The zero-order valence-corrected chi connectivity index (χ0v) is 45.5. The molecule has 0 unspecified atom stereocenters. The molecule has 0 N–H and O–H groups in total. The molecular formula is C57H92O11S. The molecule has 0 saturated heterocycles.